The number of amides is 1. The molecule has 1 aromatic carbocycles. The minimum Gasteiger partial charge on any atom is -0.356 e. The number of nitrogens with zero attached hydrogens (tertiary/aromatic N) is 3. The summed E-state index contributed by atoms with van der Waals surface area (Å²) in [7, 11) is 0. The van der Waals surface area contributed by atoms with Crippen molar-refractivity contribution in [2.45, 2.75) is 51.5 Å². The van der Waals surface area contributed by atoms with E-state index in [1.54, 1.807) is 6.33 Å². The first-order valence-electron chi connectivity index (χ1n) is 8.38. The van der Waals surface area contributed by atoms with Crippen LogP contribution in [0.3, 0.4) is 0 Å². The number of aryl methyl sites for hydroxylation is 1. The van der Waals surface area contributed by atoms with Gasteiger partial charge in [0, 0.05) is 25.4 Å². The Hall–Kier alpha value is -2.17. The van der Waals surface area contributed by atoms with Crippen LogP contribution >= 0.6 is 0 Å². The standard InChI is InChI=1S/C18H24N4O/c1-13(2)22-12-20-21-17(22)9-10-19-18(23)11-15-8-7-14-5-3-4-6-16(14)15/h3-6,12-13,15H,7-11H2,1-2H3,(H,19,23)/t15-/m1/s1. The van der Waals surface area contributed by atoms with Crippen molar-refractivity contribution in [2.24, 2.45) is 0 Å². The van der Waals surface area contributed by atoms with E-state index in [0.717, 1.165) is 18.7 Å². The number of carbonyl (C=O) groups is 1. The Morgan fingerprint density at radius 2 is 2.22 bits per heavy atom. The molecule has 5 nitrogen and oxygen atoms in total. The highest BCUT2D eigenvalue weighted by Gasteiger charge is 2.24. The number of fused-ring (bicyclic) bond motifs is 1. The normalized spacial score (nSPS) is 16.6. The van der Waals surface area contributed by atoms with E-state index in [9.17, 15) is 4.79 Å². The van der Waals surface area contributed by atoms with Gasteiger partial charge in [0.25, 0.3) is 0 Å². The summed E-state index contributed by atoms with van der Waals surface area (Å²) in [5.74, 6) is 1.42. The van der Waals surface area contributed by atoms with Gasteiger partial charge in [0.1, 0.15) is 12.2 Å². The molecule has 5 heteroatoms. The molecular formula is C18H24N4O. The van der Waals surface area contributed by atoms with E-state index in [1.807, 2.05) is 4.57 Å². The third-order valence-corrected chi connectivity index (χ3v) is 4.56. The van der Waals surface area contributed by atoms with E-state index in [1.165, 1.54) is 11.1 Å². The zero-order valence-electron chi connectivity index (χ0n) is 13.8. The molecule has 0 spiro atoms. The molecule has 1 aromatic heterocycles. The summed E-state index contributed by atoms with van der Waals surface area (Å²) in [5.41, 5.74) is 2.75. The zero-order chi connectivity index (χ0) is 16.2. The molecule has 2 aromatic rings. The van der Waals surface area contributed by atoms with Crippen molar-refractivity contribution in [1.82, 2.24) is 20.1 Å². The van der Waals surface area contributed by atoms with Crippen LogP contribution in [0.15, 0.2) is 30.6 Å². The van der Waals surface area contributed by atoms with E-state index in [-0.39, 0.29) is 5.91 Å². The molecule has 0 bridgehead atoms. The van der Waals surface area contributed by atoms with E-state index in [4.69, 9.17) is 0 Å². The summed E-state index contributed by atoms with van der Waals surface area (Å²) in [6.07, 6.45) is 5.20. The molecular weight excluding hydrogens is 288 g/mol. The molecule has 0 aliphatic heterocycles. The van der Waals surface area contributed by atoms with Crippen LogP contribution in [0, 0.1) is 0 Å². The van der Waals surface area contributed by atoms with E-state index in [2.05, 4.69) is 53.6 Å². The second kappa shape index (κ2) is 6.94. The Morgan fingerprint density at radius 3 is 3.04 bits per heavy atom. The average Bonchev–Trinajstić information content (AvgIpc) is 3.15. The van der Waals surface area contributed by atoms with Crippen molar-refractivity contribution in [2.75, 3.05) is 6.54 Å². The lowest BCUT2D eigenvalue weighted by Crippen LogP contribution is -2.27. The number of carbonyl (C=O) groups excluding carboxylic acids is 1. The summed E-state index contributed by atoms with van der Waals surface area (Å²) >= 11 is 0. The highest BCUT2D eigenvalue weighted by Crippen LogP contribution is 2.34. The number of aromatic nitrogens is 3. The Kier molecular flexibility index (Phi) is 4.74. The van der Waals surface area contributed by atoms with Crippen molar-refractivity contribution in [3.05, 3.63) is 47.5 Å². The van der Waals surface area contributed by atoms with Gasteiger partial charge in [-0.15, -0.1) is 10.2 Å². The maximum absolute atomic E-state index is 12.2. The van der Waals surface area contributed by atoms with Crippen molar-refractivity contribution in [3.8, 4) is 0 Å². The third kappa shape index (κ3) is 3.60. The first-order valence-corrected chi connectivity index (χ1v) is 8.38. The van der Waals surface area contributed by atoms with Gasteiger partial charge >= 0.3 is 0 Å². The minimum absolute atomic E-state index is 0.127. The molecule has 23 heavy (non-hydrogen) atoms. The van der Waals surface area contributed by atoms with E-state index >= 15 is 0 Å². The van der Waals surface area contributed by atoms with Gasteiger partial charge in [-0.3, -0.25) is 4.79 Å². The third-order valence-electron chi connectivity index (χ3n) is 4.56. The quantitative estimate of drug-likeness (QED) is 0.892. The molecule has 1 atom stereocenters. The van der Waals surface area contributed by atoms with Crippen LogP contribution in [0.2, 0.25) is 0 Å². The lowest BCUT2D eigenvalue weighted by Gasteiger charge is -2.13. The highest BCUT2D eigenvalue weighted by molar-refractivity contribution is 5.77. The average molecular weight is 312 g/mol. The molecule has 0 unspecified atom stereocenters. The van der Waals surface area contributed by atoms with Crippen LogP contribution in [0.5, 0.6) is 0 Å². The molecule has 3 rings (SSSR count). The maximum Gasteiger partial charge on any atom is 0.220 e. The van der Waals surface area contributed by atoms with Crippen LogP contribution in [0.25, 0.3) is 0 Å². The maximum atomic E-state index is 12.2. The predicted octanol–water partition coefficient (Wildman–Crippen LogP) is 2.64. The van der Waals surface area contributed by atoms with Crippen molar-refractivity contribution in [3.63, 3.8) is 0 Å². The van der Waals surface area contributed by atoms with Crippen LogP contribution < -0.4 is 5.32 Å². The van der Waals surface area contributed by atoms with Crippen LogP contribution in [0.4, 0.5) is 0 Å². The second-order valence-corrected chi connectivity index (χ2v) is 6.49. The number of hydrogen-bond donors (Lipinski definition) is 1. The Labute approximate surface area is 137 Å². The molecule has 1 aliphatic carbocycles. The van der Waals surface area contributed by atoms with Gasteiger partial charge in [-0.25, -0.2) is 0 Å². The Balaban J connectivity index is 1.48. The Bertz CT molecular complexity index is 677. The lowest BCUT2D eigenvalue weighted by molar-refractivity contribution is -0.121. The van der Waals surface area contributed by atoms with Gasteiger partial charge in [-0.05, 0) is 43.7 Å². The SMILES string of the molecule is CC(C)n1cnnc1CCNC(=O)C[C@H]1CCc2ccccc21. The smallest absolute Gasteiger partial charge is 0.220 e. The molecule has 0 saturated heterocycles. The lowest BCUT2D eigenvalue weighted by atomic mass is 9.97. The fraction of sp³-hybridized carbons (Fsp3) is 0.500. The van der Waals surface area contributed by atoms with E-state index < -0.39 is 0 Å². The molecule has 1 amide bonds. The van der Waals surface area contributed by atoms with Crippen molar-refractivity contribution < 1.29 is 4.79 Å². The van der Waals surface area contributed by atoms with Crippen molar-refractivity contribution in [1.29, 1.82) is 0 Å². The predicted molar refractivity (Wildman–Crippen MR) is 89.2 cm³/mol. The Morgan fingerprint density at radius 1 is 1.39 bits per heavy atom. The van der Waals surface area contributed by atoms with E-state index in [0.29, 0.717) is 31.3 Å². The molecule has 1 heterocycles. The summed E-state index contributed by atoms with van der Waals surface area (Å²) in [4.78, 5) is 12.2. The van der Waals surface area contributed by atoms with Gasteiger partial charge in [0.05, 0.1) is 0 Å². The largest absolute Gasteiger partial charge is 0.356 e. The van der Waals surface area contributed by atoms with Crippen molar-refractivity contribution >= 4 is 5.91 Å². The first-order chi connectivity index (χ1) is 11.1. The fourth-order valence-corrected chi connectivity index (χ4v) is 3.34. The molecule has 122 valence electrons. The minimum atomic E-state index is 0.127. The molecule has 0 fully saturated rings. The monoisotopic (exact) mass is 312 g/mol. The number of benzene rings is 1. The summed E-state index contributed by atoms with van der Waals surface area (Å²) in [6.45, 7) is 4.81. The topological polar surface area (TPSA) is 59.8 Å². The van der Waals surface area contributed by atoms with Crippen LogP contribution in [-0.4, -0.2) is 27.2 Å². The summed E-state index contributed by atoms with van der Waals surface area (Å²) in [5, 5.41) is 11.1. The highest BCUT2D eigenvalue weighted by atomic mass is 16.1. The zero-order valence-corrected chi connectivity index (χ0v) is 13.8. The fourth-order valence-electron chi connectivity index (χ4n) is 3.34. The number of nitrogens with one attached hydrogen (secondary N) is 1. The van der Waals surface area contributed by atoms with Gasteiger partial charge in [-0.1, -0.05) is 24.3 Å². The van der Waals surface area contributed by atoms with Gasteiger partial charge in [0.2, 0.25) is 5.91 Å². The summed E-state index contributed by atoms with van der Waals surface area (Å²) < 4.78 is 2.04. The molecule has 0 saturated carbocycles. The molecule has 0 radical (unpaired) electrons. The van der Waals surface area contributed by atoms with Gasteiger partial charge < -0.3 is 9.88 Å². The van der Waals surface area contributed by atoms with Gasteiger partial charge in [-0.2, -0.15) is 0 Å². The van der Waals surface area contributed by atoms with Gasteiger partial charge in [0.15, 0.2) is 0 Å². The van der Waals surface area contributed by atoms with Crippen LogP contribution in [-0.2, 0) is 17.6 Å². The number of hydrogen-bond acceptors (Lipinski definition) is 3. The summed E-state index contributed by atoms with van der Waals surface area (Å²) in [6, 6.07) is 8.81. The second-order valence-electron chi connectivity index (χ2n) is 6.49. The molecule has 1 N–H and O–H groups in total. The molecule has 1 aliphatic rings. The number of rotatable bonds is 6. The first kappa shape index (κ1) is 15.7. The van der Waals surface area contributed by atoms with Crippen LogP contribution in [0.1, 0.15) is 55.6 Å².